The summed E-state index contributed by atoms with van der Waals surface area (Å²) in [6.07, 6.45) is 4.98. The van der Waals surface area contributed by atoms with E-state index in [9.17, 15) is 8.78 Å². The molecule has 2 rings (SSSR count). The highest BCUT2D eigenvalue weighted by Gasteiger charge is 1.98. The van der Waals surface area contributed by atoms with Gasteiger partial charge in [-0.15, -0.1) is 0 Å². The van der Waals surface area contributed by atoms with Gasteiger partial charge < -0.3 is 0 Å². The summed E-state index contributed by atoms with van der Waals surface area (Å²) >= 11 is 0. The molecule has 0 saturated heterocycles. The van der Waals surface area contributed by atoms with Crippen LogP contribution in [0.15, 0.2) is 36.9 Å². The highest BCUT2D eigenvalue weighted by Crippen LogP contribution is 2.05. The zero-order chi connectivity index (χ0) is 11.4. The molecule has 2 aromatic rings. The highest BCUT2D eigenvalue weighted by molar-refractivity contribution is 5.42. The lowest BCUT2D eigenvalue weighted by molar-refractivity contribution is 0.616. The van der Waals surface area contributed by atoms with Crippen LogP contribution in [0.4, 0.5) is 8.78 Å². The number of nitrogens with zero attached hydrogens (tertiary/aromatic N) is 2. The number of aromatic nitrogens is 2. The van der Waals surface area contributed by atoms with Crippen LogP contribution in [0.3, 0.4) is 0 Å². The van der Waals surface area contributed by atoms with Crippen molar-refractivity contribution in [2.24, 2.45) is 0 Å². The van der Waals surface area contributed by atoms with Gasteiger partial charge in [0.05, 0.1) is 23.5 Å². The van der Waals surface area contributed by atoms with E-state index in [2.05, 4.69) is 21.8 Å². The summed E-state index contributed by atoms with van der Waals surface area (Å²) in [5, 5.41) is 0. The smallest absolute Gasteiger partial charge is 0.157 e. The second-order valence-electron chi connectivity index (χ2n) is 2.96. The van der Waals surface area contributed by atoms with Crippen molar-refractivity contribution in [1.82, 2.24) is 9.97 Å². The van der Waals surface area contributed by atoms with Gasteiger partial charge in [0.1, 0.15) is 0 Å². The Kier molecular flexibility index (Phi) is 2.88. The van der Waals surface area contributed by atoms with Crippen LogP contribution < -0.4 is 0 Å². The molecule has 2 aromatic heterocycles. The lowest BCUT2D eigenvalue weighted by Crippen LogP contribution is -1.86. The molecule has 0 atom stereocenters. The van der Waals surface area contributed by atoms with Crippen LogP contribution in [0.1, 0.15) is 11.1 Å². The van der Waals surface area contributed by atoms with E-state index in [4.69, 9.17) is 0 Å². The molecular weight excluding hydrogens is 210 g/mol. The van der Waals surface area contributed by atoms with Crippen LogP contribution in [0.25, 0.3) is 0 Å². The molecule has 16 heavy (non-hydrogen) atoms. The summed E-state index contributed by atoms with van der Waals surface area (Å²) in [6, 6.07) is 2.86. The molecule has 0 bridgehead atoms. The fourth-order valence-electron chi connectivity index (χ4n) is 1.09. The summed E-state index contributed by atoms with van der Waals surface area (Å²) in [5.74, 6) is 4.03. The molecule has 4 heteroatoms. The first-order valence-electron chi connectivity index (χ1n) is 4.48. The van der Waals surface area contributed by atoms with E-state index in [0.29, 0.717) is 0 Å². The summed E-state index contributed by atoms with van der Waals surface area (Å²) in [6.45, 7) is 0. The van der Waals surface area contributed by atoms with Crippen molar-refractivity contribution >= 4 is 0 Å². The molecule has 0 aliphatic heterocycles. The van der Waals surface area contributed by atoms with Crippen LogP contribution in [0, 0.1) is 23.5 Å². The van der Waals surface area contributed by atoms with Gasteiger partial charge in [-0.1, -0.05) is 11.8 Å². The fraction of sp³-hybridized carbons (Fsp3) is 0. The first-order valence-corrected chi connectivity index (χ1v) is 4.48. The van der Waals surface area contributed by atoms with Crippen molar-refractivity contribution in [3.63, 3.8) is 0 Å². The first kappa shape index (κ1) is 10.2. The molecular formula is C12H6F2N2. The first-order chi connectivity index (χ1) is 7.77. The Labute approximate surface area is 91.0 Å². The van der Waals surface area contributed by atoms with Crippen molar-refractivity contribution in [2.45, 2.75) is 0 Å². The third-order valence-electron chi connectivity index (χ3n) is 1.88. The Morgan fingerprint density at radius 3 is 1.62 bits per heavy atom. The monoisotopic (exact) mass is 216 g/mol. The Bertz CT molecular complexity index is 521. The number of hydrogen-bond acceptors (Lipinski definition) is 2. The fourth-order valence-corrected chi connectivity index (χ4v) is 1.09. The maximum atomic E-state index is 13.1. The van der Waals surface area contributed by atoms with E-state index in [1.54, 1.807) is 0 Å². The molecule has 0 aliphatic rings. The number of hydrogen-bond donors (Lipinski definition) is 0. The minimum atomic E-state index is -0.524. The lowest BCUT2D eigenvalue weighted by atomic mass is 10.2. The normalized spacial score (nSPS) is 9.38. The van der Waals surface area contributed by atoms with Gasteiger partial charge in [0.25, 0.3) is 0 Å². The molecule has 0 spiro atoms. The van der Waals surface area contributed by atoms with Gasteiger partial charge in [-0.2, -0.15) is 0 Å². The second kappa shape index (κ2) is 4.49. The minimum absolute atomic E-state index is 0.186. The summed E-state index contributed by atoms with van der Waals surface area (Å²) < 4.78 is 26.2. The van der Waals surface area contributed by atoms with Crippen LogP contribution in [-0.2, 0) is 0 Å². The van der Waals surface area contributed by atoms with Gasteiger partial charge in [0, 0.05) is 12.4 Å². The third-order valence-corrected chi connectivity index (χ3v) is 1.88. The predicted octanol–water partition coefficient (Wildman–Crippen LogP) is 2.15. The van der Waals surface area contributed by atoms with Crippen LogP contribution in [0.2, 0.25) is 0 Å². The molecule has 0 aromatic carbocycles. The van der Waals surface area contributed by atoms with Crippen molar-refractivity contribution in [1.29, 1.82) is 0 Å². The second-order valence-corrected chi connectivity index (χ2v) is 2.96. The summed E-state index contributed by atoms with van der Waals surface area (Å²) in [5.41, 5.74) is 0.373. The third kappa shape index (κ3) is 2.20. The van der Waals surface area contributed by atoms with E-state index in [1.807, 2.05) is 0 Å². The topological polar surface area (TPSA) is 25.8 Å². The van der Waals surface area contributed by atoms with Crippen molar-refractivity contribution < 1.29 is 8.78 Å². The maximum absolute atomic E-state index is 13.1. The Morgan fingerprint density at radius 2 is 1.25 bits per heavy atom. The zero-order valence-electron chi connectivity index (χ0n) is 8.11. The Hall–Kier alpha value is -2.28. The zero-order valence-corrected chi connectivity index (χ0v) is 8.11. The minimum Gasteiger partial charge on any atom is -0.262 e. The average molecular weight is 216 g/mol. The molecule has 0 N–H and O–H groups in total. The van der Waals surface area contributed by atoms with Crippen molar-refractivity contribution in [3.05, 3.63) is 59.7 Å². The molecule has 0 aliphatic carbocycles. The molecule has 0 radical (unpaired) electrons. The molecule has 0 unspecified atom stereocenters. The van der Waals surface area contributed by atoms with E-state index < -0.39 is 11.6 Å². The van der Waals surface area contributed by atoms with Crippen molar-refractivity contribution in [3.8, 4) is 11.8 Å². The van der Waals surface area contributed by atoms with Gasteiger partial charge in [-0.25, -0.2) is 8.78 Å². The SMILES string of the molecule is Fc1cnccc1C#Cc1ccncc1F. The van der Waals surface area contributed by atoms with E-state index in [1.165, 1.54) is 24.5 Å². The predicted molar refractivity (Wildman–Crippen MR) is 54.4 cm³/mol. The van der Waals surface area contributed by atoms with Crippen molar-refractivity contribution in [2.75, 3.05) is 0 Å². The standard InChI is InChI=1S/C12H6F2N2/c13-11-7-15-5-3-9(11)1-2-10-4-6-16-8-12(10)14/h3-8H. The van der Waals surface area contributed by atoms with Gasteiger partial charge >= 0.3 is 0 Å². The Morgan fingerprint density at radius 1 is 0.812 bits per heavy atom. The molecule has 0 fully saturated rings. The number of halogens is 2. The summed E-state index contributed by atoms with van der Waals surface area (Å²) in [7, 11) is 0. The van der Waals surface area contributed by atoms with E-state index in [-0.39, 0.29) is 11.1 Å². The van der Waals surface area contributed by atoms with Gasteiger partial charge in [0.15, 0.2) is 11.6 Å². The highest BCUT2D eigenvalue weighted by atomic mass is 19.1. The molecule has 2 nitrogen and oxygen atoms in total. The molecule has 78 valence electrons. The number of pyridine rings is 2. The quantitative estimate of drug-likeness (QED) is 0.630. The number of rotatable bonds is 0. The molecule has 2 heterocycles. The Balaban J connectivity index is 2.36. The average Bonchev–Trinajstić information content (AvgIpc) is 2.30. The molecule has 0 amide bonds. The maximum Gasteiger partial charge on any atom is 0.157 e. The van der Waals surface area contributed by atoms with E-state index >= 15 is 0 Å². The summed E-state index contributed by atoms with van der Waals surface area (Å²) in [4.78, 5) is 7.18. The van der Waals surface area contributed by atoms with Crippen LogP contribution in [-0.4, -0.2) is 9.97 Å². The van der Waals surface area contributed by atoms with E-state index in [0.717, 1.165) is 12.4 Å². The molecule has 0 saturated carbocycles. The van der Waals surface area contributed by atoms with Crippen LogP contribution in [0.5, 0.6) is 0 Å². The van der Waals surface area contributed by atoms with Gasteiger partial charge in [-0.3, -0.25) is 9.97 Å². The van der Waals surface area contributed by atoms with Crippen LogP contribution >= 0.6 is 0 Å². The van der Waals surface area contributed by atoms with Gasteiger partial charge in [-0.05, 0) is 12.1 Å². The lowest BCUT2D eigenvalue weighted by Gasteiger charge is -1.92. The van der Waals surface area contributed by atoms with Gasteiger partial charge in [0.2, 0.25) is 0 Å². The largest absolute Gasteiger partial charge is 0.262 e.